The van der Waals surface area contributed by atoms with Crippen molar-refractivity contribution in [3.63, 3.8) is 0 Å². The lowest BCUT2D eigenvalue weighted by Gasteiger charge is -2.33. The number of carbonyl (C=O) groups is 1. The lowest BCUT2D eigenvalue weighted by atomic mass is 9.72. The van der Waals surface area contributed by atoms with Crippen molar-refractivity contribution in [2.45, 2.75) is 51.4 Å². The minimum absolute atomic E-state index is 0.566. The van der Waals surface area contributed by atoms with Crippen LogP contribution in [0, 0.1) is 5.41 Å². The zero-order valence-corrected chi connectivity index (χ0v) is 9.09. The Balaban J connectivity index is 1.86. The number of amides is 2. The SMILES string of the molecule is NC(=O)NN=C1CCC2(CCCC2)CC1. The smallest absolute Gasteiger partial charge is 0.332 e. The number of hydrogen-bond donors (Lipinski definition) is 2. The fraction of sp³-hybridized carbons (Fsp3) is 0.818. The van der Waals surface area contributed by atoms with Crippen molar-refractivity contribution in [3.05, 3.63) is 0 Å². The normalized spacial score (nSPS) is 24.1. The summed E-state index contributed by atoms with van der Waals surface area (Å²) < 4.78 is 0. The average molecular weight is 209 g/mol. The van der Waals surface area contributed by atoms with Gasteiger partial charge >= 0.3 is 6.03 Å². The van der Waals surface area contributed by atoms with Crippen LogP contribution >= 0.6 is 0 Å². The molecular formula is C11H19N3O. The highest BCUT2D eigenvalue weighted by atomic mass is 16.2. The highest BCUT2D eigenvalue weighted by Crippen LogP contribution is 2.48. The van der Waals surface area contributed by atoms with E-state index in [0.717, 1.165) is 18.6 Å². The molecule has 0 aromatic heterocycles. The van der Waals surface area contributed by atoms with Gasteiger partial charge < -0.3 is 5.73 Å². The van der Waals surface area contributed by atoms with E-state index in [4.69, 9.17) is 5.73 Å². The fourth-order valence-corrected chi connectivity index (χ4v) is 2.94. The number of nitrogens with one attached hydrogen (secondary N) is 1. The van der Waals surface area contributed by atoms with Crippen LogP contribution in [-0.4, -0.2) is 11.7 Å². The molecular weight excluding hydrogens is 190 g/mol. The molecule has 0 saturated heterocycles. The Morgan fingerprint density at radius 2 is 1.80 bits per heavy atom. The summed E-state index contributed by atoms with van der Waals surface area (Å²) in [4.78, 5) is 10.5. The zero-order valence-electron chi connectivity index (χ0n) is 9.09. The maximum atomic E-state index is 10.5. The highest BCUT2D eigenvalue weighted by molar-refractivity contribution is 5.86. The van der Waals surface area contributed by atoms with Gasteiger partial charge in [-0.25, -0.2) is 10.2 Å². The maximum Gasteiger partial charge on any atom is 0.332 e. The third-order valence-electron chi connectivity index (χ3n) is 3.88. The maximum absolute atomic E-state index is 10.5. The van der Waals surface area contributed by atoms with E-state index < -0.39 is 6.03 Å². The van der Waals surface area contributed by atoms with Crippen LogP contribution in [0.25, 0.3) is 0 Å². The monoisotopic (exact) mass is 209 g/mol. The summed E-state index contributed by atoms with van der Waals surface area (Å²) in [6.07, 6.45) is 10.1. The lowest BCUT2D eigenvalue weighted by molar-refractivity contribution is 0.241. The van der Waals surface area contributed by atoms with E-state index in [1.54, 1.807) is 0 Å². The first-order valence-electron chi connectivity index (χ1n) is 5.81. The average Bonchev–Trinajstić information content (AvgIpc) is 2.66. The van der Waals surface area contributed by atoms with Gasteiger partial charge in [0.1, 0.15) is 0 Å². The van der Waals surface area contributed by atoms with Gasteiger partial charge in [-0.2, -0.15) is 5.10 Å². The second-order valence-electron chi connectivity index (χ2n) is 4.86. The molecule has 0 aliphatic heterocycles. The molecule has 2 aliphatic carbocycles. The molecule has 84 valence electrons. The van der Waals surface area contributed by atoms with E-state index in [0.29, 0.717) is 5.41 Å². The number of nitrogens with two attached hydrogens (primary N) is 1. The van der Waals surface area contributed by atoms with Gasteiger partial charge in [-0.3, -0.25) is 0 Å². The molecule has 0 unspecified atom stereocenters. The third kappa shape index (κ3) is 2.49. The minimum Gasteiger partial charge on any atom is -0.350 e. The molecule has 2 aliphatic rings. The highest BCUT2D eigenvalue weighted by Gasteiger charge is 2.36. The number of hydrazone groups is 1. The van der Waals surface area contributed by atoms with Gasteiger partial charge in [0.15, 0.2) is 0 Å². The quantitative estimate of drug-likeness (QED) is 0.638. The molecule has 0 bridgehead atoms. The Morgan fingerprint density at radius 3 is 2.33 bits per heavy atom. The van der Waals surface area contributed by atoms with Crippen molar-refractivity contribution in [2.75, 3.05) is 0 Å². The van der Waals surface area contributed by atoms with Gasteiger partial charge in [-0.1, -0.05) is 12.8 Å². The van der Waals surface area contributed by atoms with Crippen molar-refractivity contribution in [3.8, 4) is 0 Å². The van der Waals surface area contributed by atoms with Crippen LogP contribution in [0.3, 0.4) is 0 Å². The second kappa shape index (κ2) is 4.21. The van der Waals surface area contributed by atoms with Crippen molar-refractivity contribution in [2.24, 2.45) is 16.3 Å². The van der Waals surface area contributed by atoms with Gasteiger partial charge in [-0.15, -0.1) is 0 Å². The van der Waals surface area contributed by atoms with Crippen molar-refractivity contribution < 1.29 is 4.79 Å². The van der Waals surface area contributed by atoms with E-state index in [-0.39, 0.29) is 0 Å². The second-order valence-corrected chi connectivity index (χ2v) is 4.86. The number of rotatable bonds is 1. The molecule has 3 N–H and O–H groups in total. The summed E-state index contributed by atoms with van der Waals surface area (Å²) in [5, 5.41) is 4.03. The van der Waals surface area contributed by atoms with Crippen LogP contribution in [0.1, 0.15) is 51.4 Å². The van der Waals surface area contributed by atoms with Crippen molar-refractivity contribution >= 4 is 11.7 Å². The van der Waals surface area contributed by atoms with Crippen LogP contribution in [0.5, 0.6) is 0 Å². The van der Waals surface area contributed by atoms with Crippen LogP contribution in [-0.2, 0) is 0 Å². The van der Waals surface area contributed by atoms with E-state index in [2.05, 4.69) is 10.5 Å². The van der Waals surface area contributed by atoms with Crippen molar-refractivity contribution in [1.29, 1.82) is 0 Å². The summed E-state index contributed by atoms with van der Waals surface area (Å²) in [5.74, 6) is 0. The zero-order chi connectivity index (χ0) is 10.7. The van der Waals surface area contributed by atoms with Gasteiger partial charge in [0.25, 0.3) is 0 Å². The van der Waals surface area contributed by atoms with Crippen molar-refractivity contribution in [1.82, 2.24) is 5.43 Å². The van der Waals surface area contributed by atoms with Gasteiger partial charge in [0.05, 0.1) is 0 Å². The third-order valence-corrected chi connectivity index (χ3v) is 3.88. The van der Waals surface area contributed by atoms with E-state index in [1.165, 1.54) is 38.5 Å². The molecule has 1 spiro atoms. The molecule has 4 nitrogen and oxygen atoms in total. The predicted octanol–water partition coefficient (Wildman–Crippen LogP) is 2.15. The molecule has 2 rings (SSSR count). The Bertz CT molecular complexity index is 268. The number of hydrogen-bond acceptors (Lipinski definition) is 2. The molecule has 0 radical (unpaired) electrons. The first kappa shape index (κ1) is 10.5. The van der Waals surface area contributed by atoms with Crippen LogP contribution in [0.15, 0.2) is 5.10 Å². The molecule has 2 amide bonds. The Morgan fingerprint density at radius 1 is 1.20 bits per heavy atom. The van der Waals surface area contributed by atoms with E-state index in [1.807, 2.05) is 0 Å². The largest absolute Gasteiger partial charge is 0.350 e. The molecule has 0 heterocycles. The van der Waals surface area contributed by atoms with Crippen LogP contribution in [0.2, 0.25) is 0 Å². The summed E-state index contributed by atoms with van der Waals surface area (Å²) >= 11 is 0. The topological polar surface area (TPSA) is 67.5 Å². The fourth-order valence-electron chi connectivity index (χ4n) is 2.94. The molecule has 4 heteroatoms. The predicted molar refractivity (Wildman–Crippen MR) is 59.5 cm³/mol. The van der Waals surface area contributed by atoms with Crippen LogP contribution < -0.4 is 11.2 Å². The summed E-state index contributed by atoms with van der Waals surface area (Å²) in [7, 11) is 0. The first-order valence-corrected chi connectivity index (χ1v) is 5.81. The molecule has 15 heavy (non-hydrogen) atoms. The number of urea groups is 1. The lowest BCUT2D eigenvalue weighted by Crippen LogP contribution is -2.29. The Hall–Kier alpha value is -1.06. The first-order chi connectivity index (χ1) is 7.20. The summed E-state index contributed by atoms with van der Waals surface area (Å²) in [5.41, 5.74) is 9.01. The molecule has 0 atom stereocenters. The molecule has 0 aromatic rings. The van der Waals surface area contributed by atoms with Crippen LogP contribution in [0.4, 0.5) is 4.79 Å². The standard InChI is InChI=1S/C11H19N3O/c12-10(15)14-13-9-3-7-11(8-4-9)5-1-2-6-11/h1-8H2,(H3,12,14,15). The molecule has 0 aromatic carbocycles. The van der Waals surface area contributed by atoms with Gasteiger partial charge in [0.2, 0.25) is 0 Å². The van der Waals surface area contributed by atoms with E-state index in [9.17, 15) is 4.79 Å². The van der Waals surface area contributed by atoms with Gasteiger partial charge in [-0.05, 0) is 43.9 Å². The number of nitrogens with zero attached hydrogens (tertiary/aromatic N) is 1. The summed E-state index contributed by atoms with van der Waals surface area (Å²) in [6, 6.07) is -0.566. The number of carbonyl (C=O) groups excluding carboxylic acids is 1. The Kier molecular flexibility index (Phi) is 2.93. The Labute approximate surface area is 90.3 Å². The molecule has 2 saturated carbocycles. The summed E-state index contributed by atoms with van der Waals surface area (Å²) in [6.45, 7) is 0. The minimum atomic E-state index is -0.566. The molecule has 2 fully saturated rings. The number of primary amides is 1. The van der Waals surface area contributed by atoms with E-state index >= 15 is 0 Å². The van der Waals surface area contributed by atoms with Gasteiger partial charge in [0, 0.05) is 5.71 Å².